The first-order chi connectivity index (χ1) is 14.6. The van der Waals surface area contributed by atoms with E-state index in [4.69, 9.17) is 0 Å². The average Bonchev–Trinajstić information content (AvgIpc) is 3.34. The summed E-state index contributed by atoms with van der Waals surface area (Å²) in [6.07, 6.45) is 12.8. The van der Waals surface area contributed by atoms with Gasteiger partial charge in [0.15, 0.2) is 5.13 Å². The van der Waals surface area contributed by atoms with Gasteiger partial charge in [0.1, 0.15) is 0 Å². The number of carbonyl (C=O) groups is 2. The number of amides is 3. The van der Waals surface area contributed by atoms with Crippen LogP contribution in [0.5, 0.6) is 0 Å². The molecule has 0 saturated heterocycles. The van der Waals surface area contributed by atoms with Crippen LogP contribution in [0.1, 0.15) is 74.8 Å². The number of rotatable bonds is 3. The highest BCUT2D eigenvalue weighted by Gasteiger charge is 2.55. The molecule has 0 unspecified atom stereocenters. The Morgan fingerprint density at radius 2 is 1.70 bits per heavy atom. The third kappa shape index (κ3) is 3.33. The lowest BCUT2D eigenvalue weighted by Crippen LogP contribution is -2.55. The van der Waals surface area contributed by atoms with E-state index in [1.807, 2.05) is 0 Å². The highest BCUT2D eigenvalue weighted by molar-refractivity contribution is 7.15. The van der Waals surface area contributed by atoms with Crippen LogP contribution < -0.4 is 10.6 Å². The Hall–Kier alpha value is -1.63. The van der Waals surface area contributed by atoms with Gasteiger partial charge in [0, 0.05) is 23.9 Å². The van der Waals surface area contributed by atoms with Gasteiger partial charge in [-0.2, -0.15) is 0 Å². The second-order valence-electron chi connectivity index (χ2n) is 10.6. The molecule has 0 aromatic carbocycles. The van der Waals surface area contributed by atoms with Crippen molar-refractivity contribution in [3.8, 4) is 0 Å². The van der Waals surface area contributed by atoms with Crippen LogP contribution >= 0.6 is 11.3 Å². The van der Waals surface area contributed by atoms with E-state index in [0.717, 1.165) is 73.4 Å². The van der Waals surface area contributed by atoms with E-state index < -0.39 is 0 Å². The Morgan fingerprint density at radius 1 is 1.03 bits per heavy atom. The summed E-state index contributed by atoms with van der Waals surface area (Å²) in [4.78, 5) is 33.9. The van der Waals surface area contributed by atoms with Gasteiger partial charge in [-0.3, -0.25) is 10.1 Å². The van der Waals surface area contributed by atoms with Crippen LogP contribution in [0.3, 0.4) is 0 Å². The number of hydrogen-bond acceptors (Lipinski definition) is 4. The lowest BCUT2D eigenvalue weighted by atomic mass is 9.49. The third-order valence-electron chi connectivity index (χ3n) is 8.42. The first-order valence-electron chi connectivity index (χ1n) is 11.9. The van der Waals surface area contributed by atoms with Crippen molar-refractivity contribution in [2.24, 2.45) is 23.2 Å². The summed E-state index contributed by atoms with van der Waals surface area (Å²) in [5.74, 6) is 2.78. The SMILES string of the molecule is O=C(Nc1nc2c(s1)CN(C(=O)C13CC4CC(CC(C4)C1)C3)CC2)NC1CCCC1. The number of thiazole rings is 1. The minimum atomic E-state index is -0.144. The predicted octanol–water partition coefficient (Wildman–Crippen LogP) is 4.31. The predicted molar refractivity (Wildman–Crippen MR) is 116 cm³/mol. The normalized spacial score (nSPS) is 34.8. The molecule has 0 radical (unpaired) electrons. The molecule has 5 aliphatic carbocycles. The number of carbonyl (C=O) groups excluding carboxylic acids is 2. The fourth-order valence-corrected chi connectivity index (χ4v) is 8.54. The van der Waals surface area contributed by atoms with E-state index in [1.54, 1.807) is 11.3 Å². The average molecular weight is 429 g/mol. The molecule has 6 nitrogen and oxygen atoms in total. The van der Waals surface area contributed by atoms with E-state index in [1.165, 1.54) is 32.1 Å². The quantitative estimate of drug-likeness (QED) is 0.753. The number of nitrogens with zero attached hydrogens (tertiary/aromatic N) is 2. The van der Waals surface area contributed by atoms with Gasteiger partial charge in [-0.05, 0) is 69.1 Å². The number of aromatic nitrogens is 1. The number of nitrogens with one attached hydrogen (secondary N) is 2. The minimum Gasteiger partial charge on any atom is -0.337 e. The lowest BCUT2D eigenvalue weighted by Gasteiger charge is -2.56. The van der Waals surface area contributed by atoms with Crippen molar-refractivity contribution >= 4 is 28.4 Å². The van der Waals surface area contributed by atoms with E-state index >= 15 is 0 Å². The lowest BCUT2D eigenvalue weighted by molar-refractivity contribution is -0.158. The van der Waals surface area contributed by atoms with E-state index in [9.17, 15) is 9.59 Å². The van der Waals surface area contributed by atoms with Crippen molar-refractivity contribution in [3.05, 3.63) is 10.6 Å². The topological polar surface area (TPSA) is 74.3 Å². The van der Waals surface area contributed by atoms with Crippen LogP contribution in [0.15, 0.2) is 0 Å². The van der Waals surface area contributed by atoms with Crippen LogP contribution in [-0.2, 0) is 17.8 Å². The van der Waals surface area contributed by atoms with Crippen molar-refractivity contribution in [3.63, 3.8) is 0 Å². The maximum absolute atomic E-state index is 13.7. The van der Waals surface area contributed by atoms with Crippen LogP contribution in [0.2, 0.25) is 0 Å². The molecule has 7 rings (SSSR count). The Balaban J connectivity index is 1.12. The molecule has 5 saturated carbocycles. The van der Waals surface area contributed by atoms with E-state index in [2.05, 4.69) is 20.5 Å². The first-order valence-corrected chi connectivity index (χ1v) is 12.7. The van der Waals surface area contributed by atoms with Crippen molar-refractivity contribution in [1.29, 1.82) is 0 Å². The Morgan fingerprint density at radius 3 is 2.37 bits per heavy atom. The molecule has 3 amide bonds. The van der Waals surface area contributed by atoms with Gasteiger partial charge in [0.05, 0.1) is 17.7 Å². The zero-order valence-corrected chi connectivity index (χ0v) is 18.4. The van der Waals surface area contributed by atoms with Crippen molar-refractivity contribution < 1.29 is 9.59 Å². The number of anilines is 1. The molecule has 1 aliphatic heterocycles. The molecule has 1 aromatic rings. The second-order valence-corrected chi connectivity index (χ2v) is 11.7. The zero-order chi connectivity index (χ0) is 20.3. The molecule has 2 heterocycles. The van der Waals surface area contributed by atoms with Gasteiger partial charge < -0.3 is 10.2 Å². The molecule has 6 aliphatic rings. The molecule has 30 heavy (non-hydrogen) atoms. The van der Waals surface area contributed by atoms with Crippen molar-refractivity contribution in [2.75, 3.05) is 11.9 Å². The number of fused-ring (bicyclic) bond motifs is 1. The monoisotopic (exact) mass is 428 g/mol. The van der Waals surface area contributed by atoms with Crippen LogP contribution in [0.4, 0.5) is 9.93 Å². The van der Waals surface area contributed by atoms with E-state index in [0.29, 0.717) is 23.6 Å². The maximum atomic E-state index is 13.7. The van der Waals surface area contributed by atoms with Gasteiger partial charge in [0.25, 0.3) is 0 Å². The molecule has 4 bridgehead atoms. The summed E-state index contributed by atoms with van der Waals surface area (Å²) >= 11 is 1.54. The Bertz CT molecular complexity index is 824. The smallest absolute Gasteiger partial charge is 0.321 e. The van der Waals surface area contributed by atoms with Crippen molar-refractivity contribution in [1.82, 2.24) is 15.2 Å². The molecular weight excluding hydrogens is 396 g/mol. The summed E-state index contributed by atoms with van der Waals surface area (Å²) in [5.41, 5.74) is 0.991. The Kier molecular flexibility index (Phi) is 4.59. The molecule has 7 heteroatoms. The van der Waals surface area contributed by atoms with Gasteiger partial charge in [-0.15, -0.1) is 0 Å². The number of urea groups is 1. The molecule has 0 spiro atoms. The molecule has 162 valence electrons. The summed E-state index contributed by atoms with van der Waals surface area (Å²) < 4.78 is 0. The highest BCUT2D eigenvalue weighted by Crippen LogP contribution is 2.60. The fraction of sp³-hybridized carbons (Fsp3) is 0.783. The second kappa shape index (κ2) is 7.21. The zero-order valence-electron chi connectivity index (χ0n) is 17.6. The molecular formula is C23H32N4O2S. The maximum Gasteiger partial charge on any atom is 0.321 e. The van der Waals surface area contributed by atoms with E-state index in [-0.39, 0.29) is 11.4 Å². The Labute approximate surface area is 182 Å². The molecule has 5 fully saturated rings. The van der Waals surface area contributed by atoms with Crippen LogP contribution in [-0.4, -0.2) is 34.4 Å². The largest absolute Gasteiger partial charge is 0.337 e. The summed E-state index contributed by atoms with van der Waals surface area (Å²) in [6, 6.07) is 0.155. The standard InChI is InChI=1S/C23H32N4O2S/c28-20(23-10-14-7-15(11-23)9-16(8-14)12-23)27-6-5-18-19(13-27)30-22(25-18)26-21(29)24-17-3-1-2-4-17/h14-17H,1-13H2,(H2,24,25,26,29). The summed E-state index contributed by atoms with van der Waals surface area (Å²) in [6.45, 7) is 1.44. The van der Waals surface area contributed by atoms with Crippen LogP contribution in [0, 0.1) is 23.2 Å². The fourth-order valence-electron chi connectivity index (χ4n) is 7.52. The van der Waals surface area contributed by atoms with Gasteiger partial charge in [0.2, 0.25) is 5.91 Å². The minimum absolute atomic E-state index is 0.0702. The molecule has 2 N–H and O–H groups in total. The highest BCUT2D eigenvalue weighted by atomic mass is 32.1. The van der Waals surface area contributed by atoms with Crippen LogP contribution in [0.25, 0.3) is 0 Å². The number of hydrogen-bond donors (Lipinski definition) is 2. The van der Waals surface area contributed by atoms with Gasteiger partial charge in [-0.25, -0.2) is 9.78 Å². The summed E-state index contributed by atoms with van der Waals surface area (Å²) in [7, 11) is 0. The summed E-state index contributed by atoms with van der Waals surface area (Å²) in [5, 5.41) is 6.66. The third-order valence-corrected chi connectivity index (χ3v) is 9.42. The molecule has 1 aromatic heterocycles. The molecule has 0 atom stereocenters. The van der Waals surface area contributed by atoms with Crippen molar-refractivity contribution in [2.45, 2.75) is 83.2 Å². The first kappa shape index (κ1) is 19.1. The van der Waals surface area contributed by atoms with Gasteiger partial charge >= 0.3 is 6.03 Å². The van der Waals surface area contributed by atoms with Gasteiger partial charge in [-0.1, -0.05) is 24.2 Å².